The summed E-state index contributed by atoms with van der Waals surface area (Å²) >= 11 is 0. The molecule has 0 spiro atoms. The van der Waals surface area contributed by atoms with E-state index in [-0.39, 0.29) is 11.7 Å². The third-order valence-electron chi connectivity index (χ3n) is 2.65. The Morgan fingerprint density at radius 1 is 1.65 bits per heavy atom. The van der Waals surface area contributed by atoms with Crippen molar-refractivity contribution in [3.63, 3.8) is 0 Å². The van der Waals surface area contributed by atoms with Gasteiger partial charge in [-0.3, -0.25) is 4.79 Å². The van der Waals surface area contributed by atoms with Crippen LogP contribution in [0.2, 0.25) is 0 Å². The summed E-state index contributed by atoms with van der Waals surface area (Å²) in [6.07, 6.45) is 3.44. The summed E-state index contributed by atoms with van der Waals surface area (Å²) in [5.74, 6) is 0.843. The number of rotatable bonds is 7. The van der Waals surface area contributed by atoms with Crippen LogP contribution in [0.15, 0.2) is 10.6 Å². The highest BCUT2D eigenvalue weighted by molar-refractivity contribution is 5.91. The Kier molecular flexibility index (Phi) is 4.14. The molecule has 1 aromatic rings. The van der Waals surface area contributed by atoms with E-state index in [0.717, 1.165) is 18.9 Å². The molecule has 1 saturated carbocycles. The lowest BCUT2D eigenvalue weighted by atomic mass is 10.3. The molecule has 1 aromatic heterocycles. The fraction of sp³-hybridized carbons (Fsp3) is 0.667. The van der Waals surface area contributed by atoms with E-state index in [4.69, 9.17) is 9.26 Å². The number of aromatic nitrogens is 1. The third kappa shape index (κ3) is 4.19. The Bertz CT molecular complexity index is 372. The van der Waals surface area contributed by atoms with Gasteiger partial charge in [0.25, 0.3) is 5.91 Å². The van der Waals surface area contributed by atoms with Crippen LogP contribution in [0.4, 0.5) is 0 Å². The first-order chi connectivity index (χ1) is 8.25. The number of amides is 1. The van der Waals surface area contributed by atoms with Gasteiger partial charge in [0, 0.05) is 25.8 Å². The van der Waals surface area contributed by atoms with Crippen molar-refractivity contribution < 1.29 is 14.1 Å². The molecule has 2 rings (SSSR count). The number of aryl methyl sites for hydroxylation is 1. The molecule has 1 aliphatic carbocycles. The average Bonchev–Trinajstić information content (AvgIpc) is 3.04. The van der Waals surface area contributed by atoms with Gasteiger partial charge in [0.15, 0.2) is 0 Å². The fourth-order valence-corrected chi connectivity index (χ4v) is 1.47. The van der Waals surface area contributed by atoms with Crippen molar-refractivity contribution in [1.29, 1.82) is 0 Å². The minimum atomic E-state index is -0.215. The van der Waals surface area contributed by atoms with Crippen LogP contribution in [0.5, 0.6) is 0 Å². The third-order valence-corrected chi connectivity index (χ3v) is 2.65. The molecule has 0 unspecified atom stereocenters. The van der Waals surface area contributed by atoms with Gasteiger partial charge in [-0.25, -0.2) is 0 Å². The van der Waals surface area contributed by atoms with E-state index < -0.39 is 0 Å². The Balaban J connectivity index is 1.53. The van der Waals surface area contributed by atoms with E-state index in [2.05, 4.69) is 10.5 Å². The van der Waals surface area contributed by atoms with Crippen LogP contribution in [-0.2, 0) is 4.74 Å². The fourth-order valence-electron chi connectivity index (χ4n) is 1.47. The highest BCUT2D eigenvalue weighted by Gasteiger charge is 2.20. The molecule has 0 saturated heterocycles. The van der Waals surface area contributed by atoms with Crippen molar-refractivity contribution in [3.05, 3.63) is 17.5 Å². The topological polar surface area (TPSA) is 64.4 Å². The molecule has 1 amide bonds. The van der Waals surface area contributed by atoms with Crippen LogP contribution in [0.1, 0.15) is 35.5 Å². The molecule has 5 nitrogen and oxygen atoms in total. The SMILES string of the molecule is Cc1cc(C(=O)NCCCOCC2CC2)on1. The van der Waals surface area contributed by atoms with Crippen LogP contribution in [0, 0.1) is 12.8 Å². The van der Waals surface area contributed by atoms with Crippen molar-refractivity contribution in [3.8, 4) is 0 Å². The summed E-state index contributed by atoms with van der Waals surface area (Å²) in [6.45, 7) is 3.96. The lowest BCUT2D eigenvalue weighted by Crippen LogP contribution is -2.24. The molecule has 0 bridgehead atoms. The number of carbonyl (C=O) groups is 1. The van der Waals surface area contributed by atoms with E-state index >= 15 is 0 Å². The van der Waals surface area contributed by atoms with Gasteiger partial charge in [-0.2, -0.15) is 0 Å². The maximum Gasteiger partial charge on any atom is 0.289 e. The normalized spacial score (nSPS) is 14.9. The van der Waals surface area contributed by atoms with E-state index in [1.807, 2.05) is 0 Å². The first-order valence-corrected chi connectivity index (χ1v) is 6.05. The summed E-state index contributed by atoms with van der Waals surface area (Å²) in [4.78, 5) is 11.5. The zero-order valence-corrected chi connectivity index (χ0v) is 10.1. The van der Waals surface area contributed by atoms with E-state index in [9.17, 15) is 4.79 Å². The number of nitrogens with one attached hydrogen (secondary N) is 1. The largest absolute Gasteiger partial charge is 0.381 e. The number of nitrogens with zero attached hydrogens (tertiary/aromatic N) is 1. The van der Waals surface area contributed by atoms with Gasteiger partial charge in [0.2, 0.25) is 5.76 Å². The number of ether oxygens (including phenoxy) is 1. The van der Waals surface area contributed by atoms with Crippen molar-refractivity contribution in [2.24, 2.45) is 5.92 Å². The summed E-state index contributed by atoms with van der Waals surface area (Å²) in [5.41, 5.74) is 0.711. The number of carbonyl (C=O) groups excluding carboxylic acids is 1. The molecular formula is C12H18N2O3. The predicted molar refractivity (Wildman–Crippen MR) is 61.7 cm³/mol. The van der Waals surface area contributed by atoms with Crippen LogP contribution in [-0.4, -0.2) is 30.8 Å². The summed E-state index contributed by atoms with van der Waals surface area (Å²) in [7, 11) is 0. The van der Waals surface area contributed by atoms with Gasteiger partial charge in [-0.05, 0) is 32.1 Å². The molecule has 5 heteroatoms. The molecule has 0 aliphatic heterocycles. The summed E-state index contributed by atoms with van der Waals surface area (Å²) in [5, 5.41) is 6.42. The Morgan fingerprint density at radius 3 is 3.12 bits per heavy atom. The summed E-state index contributed by atoms with van der Waals surface area (Å²) in [6, 6.07) is 1.62. The van der Waals surface area contributed by atoms with Crippen molar-refractivity contribution in [2.45, 2.75) is 26.2 Å². The zero-order chi connectivity index (χ0) is 12.1. The first-order valence-electron chi connectivity index (χ1n) is 6.05. The molecular weight excluding hydrogens is 220 g/mol. The second-order valence-corrected chi connectivity index (χ2v) is 4.46. The van der Waals surface area contributed by atoms with Gasteiger partial charge in [-0.1, -0.05) is 5.16 Å². The molecule has 1 heterocycles. The lowest BCUT2D eigenvalue weighted by Gasteiger charge is -2.03. The van der Waals surface area contributed by atoms with Crippen molar-refractivity contribution in [2.75, 3.05) is 19.8 Å². The number of hydrogen-bond donors (Lipinski definition) is 1. The first kappa shape index (κ1) is 12.1. The highest BCUT2D eigenvalue weighted by atomic mass is 16.5. The van der Waals surface area contributed by atoms with Crippen molar-refractivity contribution >= 4 is 5.91 Å². The van der Waals surface area contributed by atoms with Gasteiger partial charge in [0.05, 0.1) is 5.69 Å². The Labute approximate surface area is 101 Å². The maximum absolute atomic E-state index is 11.5. The molecule has 0 atom stereocenters. The molecule has 1 aliphatic rings. The van der Waals surface area contributed by atoms with E-state index in [1.165, 1.54) is 12.8 Å². The Morgan fingerprint density at radius 2 is 2.47 bits per heavy atom. The van der Waals surface area contributed by atoms with Crippen LogP contribution in [0.25, 0.3) is 0 Å². The molecule has 1 N–H and O–H groups in total. The quantitative estimate of drug-likeness (QED) is 0.732. The molecule has 0 radical (unpaired) electrons. The smallest absolute Gasteiger partial charge is 0.289 e. The Hall–Kier alpha value is -1.36. The maximum atomic E-state index is 11.5. The van der Waals surface area contributed by atoms with E-state index in [0.29, 0.717) is 18.8 Å². The molecule has 0 aromatic carbocycles. The second kappa shape index (κ2) is 5.82. The second-order valence-electron chi connectivity index (χ2n) is 4.46. The number of hydrogen-bond acceptors (Lipinski definition) is 4. The van der Waals surface area contributed by atoms with E-state index in [1.54, 1.807) is 13.0 Å². The van der Waals surface area contributed by atoms with Gasteiger partial charge < -0.3 is 14.6 Å². The van der Waals surface area contributed by atoms with Crippen LogP contribution >= 0.6 is 0 Å². The van der Waals surface area contributed by atoms with Crippen LogP contribution in [0.3, 0.4) is 0 Å². The predicted octanol–water partition coefficient (Wildman–Crippen LogP) is 1.53. The lowest BCUT2D eigenvalue weighted by molar-refractivity contribution is 0.0902. The minimum Gasteiger partial charge on any atom is -0.381 e. The van der Waals surface area contributed by atoms with Crippen molar-refractivity contribution in [1.82, 2.24) is 10.5 Å². The molecule has 17 heavy (non-hydrogen) atoms. The minimum absolute atomic E-state index is 0.215. The molecule has 1 fully saturated rings. The monoisotopic (exact) mass is 238 g/mol. The van der Waals surface area contributed by atoms with Gasteiger partial charge >= 0.3 is 0 Å². The van der Waals surface area contributed by atoms with Gasteiger partial charge in [-0.15, -0.1) is 0 Å². The zero-order valence-electron chi connectivity index (χ0n) is 10.1. The summed E-state index contributed by atoms with van der Waals surface area (Å²) < 4.78 is 10.3. The standard InChI is InChI=1S/C12H18N2O3/c1-9-7-11(17-14-9)12(15)13-5-2-6-16-8-10-3-4-10/h7,10H,2-6,8H2,1H3,(H,13,15). The molecule has 94 valence electrons. The van der Waals surface area contributed by atoms with Crippen LogP contribution < -0.4 is 5.32 Å². The average molecular weight is 238 g/mol. The highest BCUT2D eigenvalue weighted by Crippen LogP contribution is 2.28. The van der Waals surface area contributed by atoms with Gasteiger partial charge in [0.1, 0.15) is 0 Å².